The van der Waals surface area contributed by atoms with Crippen LogP contribution in [0.25, 0.3) is 0 Å². The number of aryl methyl sites for hydroxylation is 3. The first kappa shape index (κ1) is 12.8. The fraction of sp³-hybridized carbons (Fsp3) is 0.400. The second-order valence-electron chi connectivity index (χ2n) is 4.95. The molecule has 1 atom stereocenters. The molecule has 0 aliphatic heterocycles. The van der Waals surface area contributed by atoms with Gasteiger partial charge in [0, 0.05) is 19.2 Å². The normalized spacial score (nSPS) is 12.7. The summed E-state index contributed by atoms with van der Waals surface area (Å²) in [6.07, 6.45) is 0.970. The molecule has 3 nitrogen and oxygen atoms in total. The third-order valence-corrected chi connectivity index (χ3v) is 3.14. The van der Waals surface area contributed by atoms with Crippen molar-refractivity contribution in [1.82, 2.24) is 9.78 Å². The van der Waals surface area contributed by atoms with Gasteiger partial charge in [-0.25, -0.2) is 0 Å². The van der Waals surface area contributed by atoms with Crippen LogP contribution in [0.5, 0.6) is 0 Å². The lowest BCUT2D eigenvalue weighted by Crippen LogP contribution is -2.16. The van der Waals surface area contributed by atoms with Gasteiger partial charge in [-0.2, -0.15) is 5.10 Å². The van der Waals surface area contributed by atoms with Crippen molar-refractivity contribution in [2.24, 2.45) is 7.05 Å². The van der Waals surface area contributed by atoms with Crippen molar-refractivity contribution in [3.05, 3.63) is 52.8 Å². The first-order valence-corrected chi connectivity index (χ1v) is 6.27. The van der Waals surface area contributed by atoms with Crippen molar-refractivity contribution in [1.29, 1.82) is 0 Å². The summed E-state index contributed by atoms with van der Waals surface area (Å²) < 4.78 is 1.84. The number of aliphatic hydroxyl groups excluding tert-OH is 1. The maximum atomic E-state index is 10.1. The predicted octanol–water partition coefficient (Wildman–Crippen LogP) is 2.18. The third-order valence-electron chi connectivity index (χ3n) is 3.14. The smallest absolute Gasteiger partial charge is 0.0635 e. The number of benzene rings is 1. The molecule has 1 aromatic carbocycles. The van der Waals surface area contributed by atoms with Gasteiger partial charge in [-0.3, -0.25) is 4.68 Å². The molecule has 1 aromatic heterocycles. The Bertz CT molecular complexity index is 514. The molecule has 0 bridgehead atoms. The summed E-state index contributed by atoms with van der Waals surface area (Å²) in [6, 6.07) is 10.3. The molecule has 0 saturated carbocycles. The zero-order valence-corrected chi connectivity index (χ0v) is 11.2. The minimum atomic E-state index is -0.359. The Morgan fingerprint density at radius 2 is 1.83 bits per heavy atom. The summed E-state index contributed by atoms with van der Waals surface area (Å²) in [7, 11) is 1.92. The molecule has 0 saturated heterocycles. The van der Waals surface area contributed by atoms with Crippen LogP contribution >= 0.6 is 0 Å². The topological polar surface area (TPSA) is 38.1 Å². The van der Waals surface area contributed by atoms with E-state index in [0.29, 0.717) is 12.8 Å². The maximum absolute atomic E-state index is 10.1. The van der Waals surface area contributed by atoms with Crippen LogP contribution in [0, 0.1) is 13.8 Å². The molecule has 18 heavy (non-hydrogen) atoms. The molecule has 3 heteroatoms. The highest BCUT2D eigenvalue weighted by molar-refractivity contribution is 5.22. The Morgan fingerprint density at radius 1 is 1.17 bits per heavy atom. The van der Waals surface area contributed by atoms with Gasteiger partial charge in [-0.05, 0) is 31.9 Å². The van der Waals surface area contributed by atoms with Crippen molar-refractivity contribution < 1.29 is 5.11 Å². The van der Waals surface area contributed by atoms with Gasteiger partial charge < -0.3 is 5.11 Å². The summed E-state index contributed by atoms with van der Waals surface area (Å²) in [5.74, 6) is 0. The van der Waals surface area contributed by atoms with Gasteiger partial charge in [-0.1, -0.05) is 29.8 Å². The first-order valence-electron chi connectivity index (χ1n) is 6.27. The Hall–Kier alpha value is -1.61. The van der Waals surface area contributed by atoms with Crippen LogP contribution in [0.1, 0.15) is 22.5 Å². The van der Waals surface area contributed by atoms with Crippen LogP contribution in [0.15, 0.2) is 30.3 Å². The van der Waals surface area contributed by atoms with Gasteiger partial charge in [0.2, 0.25) is 0 Å². The summed E-state index contributed by atoms with van der Waals surface area (Å²) in [6.45, 7) is 4.04. The van der Waals surface area contributed by atoms with Crippen LogP contribution in [-0.2, 0) is 19.9 Å². The molecule has 1 unspecified atom stereocenters. The molecule has 0 amide bonds. The van der Waals surface area contributed by atoms with Gasteiger partial charge in [0.25, 0.3) is 0 Å². The minimum absolute atomic E-state index is 0.359. The molecular formula is C15H20N2O. The molecule has 0 radical (unpaired) electrons. The van der Waals surface area contributed by atoms with Crippen molar-refractivity contribution >= 4 is 0 Å². The molecule has 0 aliphatic rings. The van der Waals surface area contributed by atoms with E-state index in [1.54, 1.807) is 0 Å². The van der Waals surface area contributed by atoms with Crippen molar-refractivity contribution in [3.63, 3.8) is 0 Å². The average Bonchev–Trinajstić information content (AvgIpc) is 2.61. The number of hydrogen-bond donors (Lipinski definition) is 1. The van der Waals surface area contributed by atoms with Gasteiger partial charge in [0.05, 0.1) is 11.8 Å². The Labute approximate surface area is 108 Å². The van der Waals surface area contributed by atoms with Crippen LogP contribution in [0.3, 0.4) is 0 Å². The van der Waals surface area contributed by atoms with E-state index in [1.165, 1.54) is 11.1 Å². The SMILES string of the molecule is Cc1ccc(CC(O)Cc2cc(C)nn2C)cc1. The molecule has 2 rings (SSSR count). The van der Waals surface area contributed by atoms with E-state index in [1.807, 2.05) is 24.7 Å². The van der Waals surface area contributed by atoms with Crippen LogP contribution in [0.2, 0.25) is 0 Å². The van der Waals surface area contributed by atoms with Crippen molar-refractivity contribution in [2.75, 3.05) is 0 Å². The maximum Gasteiger partial charge on any atom is 0.0635 e. The highest BCUT2D eigenvalue weighted by atomic mass is 16.3. The summed E-state index contributed by atoms with van der Waals surface area (Å²) in [5.41, 5.74) is 4.49. The van der Waals surface area contributed by atoms with E-state index in [2.05, 4.69) is 36.3 Å². The van der Waals surface area contributed by atoms with Gasteiger partial charge in [0.15, 0.2) is 0 Å². The largest absolute Gasteiger partial charge is 0.392 e. The molecule has 1 N–H and O–H groups in total. The van der Waals surface area contributed by atoms with Crippen LogP contribution < -0.4 is 0 Å². The van der Waals surface area contributed by atoms with E-state index >= 15 is 0 Å². The second-order valence-corrected chi connectivity index (χ2v) is 4.95. The third kappa shape index (κ3) is 3.20. The molecule has 96 valence electrons. The Kier molecular flexibility index (Phi) is 3.82. The number of hydrogen-bond acceptors (Lipinski definition) is 2. The van der Waals surface area contributed by atoms with Gasteiger partial charge >= 0.3 is 0 Å². The Morgan fingerprint density at radius 3 is 2.39 bits per heavy atom. The lowest BCUT2D eigenvalue weighted by Gasteiger charge is -2.11. The predicted molar refractivity (Wildman–Crippen MR) is 72.5 cm³/mol. The van der Waals surface area contributed by atoms with E-state index in [0.717, 1.165) is 11.4 Å². The Balaban J connectivity index is 1.98. The number of aromatic nitrogens is 2. The summed E-state index contributed by atoms with van der Waals surface area (Å²) >= 11 is 0. The summed E-state index contributed by atoms with van der Waals surface area (Å²) in [5, 5.41) is 14.4. The zero-order valence-electron chi connectivity index (χ0n) is 11.2. The molecule has 0 spiro atoms. The second kappa shape index (κ2) is 5.36. The highest BCUT2D eigenvalue weighted by Crippen LogP contribution is 2.11. The monoisotopic (exact) mass is 244 g/mol. The van der Waals surface area contributed by atoms with E-state index in [4.69, 9.17) is 0 Å². The number of aliphatic hydroxyl groups is 1. The average molecular weight is 244 g/mol. The van der Waals surface area contributed by atoms with Crippen molar-refractivity contribution in [3.8, 4) is 0 Å². The molecule has 2 aromatic rings. The summed E-state index contributed by atoms with van der Waals surface area (Å²) in [4.78, 5) is 0. The number of nitrogens with zero attached hydrogens (tertiary/aromatic N) is 2. The molecule has 0 aliphatic carbocycles. The zero-order chi connectivity index (χ0) is 13.1. The fourth-order valence-corrected chi connectivity index (χ4v) is 2.17. The minimum Gasteiger partial charge on any atom is -0.392 e. The van der Waals surface area contributed by atoms with E-state index in [-0.39, 0.29) is 6.10 Å². The van der Waals surface area contributed by atoms with Crippen LogP contribution in [0.4, 0.5) is 0 Å². The standard InChI is InChI=1S/C15H20N2O/c1-11-4-6-13(7-5-11)9-15(18)10-14-8-12(2)16-17(14)3/h4-8,15,18H,9-10H2,1-3H3. The van der Waals surface area contributed by atoms with Gasteiger partial charge in [0.1, 0.15) is 0 Å². The lowest BCUT2D eigenvalue weighted by atomic mass is 10.0. The quantitative estimate of drug-likeness (QED) is 0.895. The lowest BCUT2D eigenvalue weighted by molar-refractivity contribution is 0.173. The molecule has 1 heterocycles. The highest BCUT2D eigenvalue weighted by Gasteiger charge is 2.10. The fourth-order valence-electron chi connectivity index (χ4n) is 2.17. The van der Waals surface area contributed by atoms with Gasteiger partial charge in [-0.15, -0.1) is 0 Å². The first-order chi connectivity index (χ1) is 8.54. The number of rotatable bonds is 4. The van der Waals surface area contributed by atoms with Crippen molar-refractivity contribution in [2.45, 2.75) is 32.8 Å². The van der Waals surface area contributed by atoms with E-state index < -0.39 is 0 Å². The van der Waals surface area contributed by atoms with Crippen LogP contribution in [-0.4, -0.2) is 21.0 Å². The molecule has 0 fully saturated rings. The molecular weight excluding hydrogens is 224 g/mol. The van der Waals surface area contributed by atoms with E-state index in [9.17, 15) is 5.11 Å².